The van der Waals surface area contributed by atoms with E-state index in [4.69, 9.17) is 13.9 Å². The molecule has 0 aliphatic carbocycles. The van der Waals surface area contributed by atoms with E-state index in [2.05, 4.69) is 52.6 Å². The van der Waals surface area contributed by atoms with Gasteiger partial charge in [0.05, 0.1) is 23.9 Å². The third-order valence-corrected chi connectivity index (χ3v) is 14.0. The van der Waals surface area contributed by atoms with Crippen LogP contribution >= 0.6 is 0 Å². The van der Waals surface area contributed by atoms with Crippen molar-refractivity contribution in [3.63, 3.8) is 0 Å². The van der Waals surface area contributed by atoms with E-state index in [1.54, 1.807) is 22.5 Å². The molecule has 0 N–H and O–H groups in total. The number of aryl methyl sites for hydroxylation is 1. The standard InChI is InChI=1S/C34H51N3O6Si/c1-12-19-41-31(40)37-26-20-23(2)13-14-25(26)28-29(37)27(21-42-44(10,11)33(7,8)9)36(24(3)38)22-34(28)15-17-35(18-16-34)30(39)43-32(4,5)6/h12-14,20,27H,1,15-19,21-22H2,2-11H3/t27-/m0/s1. The first-order valence-corrected chi connectivity index (χ1v) is 18.6. The van der Waals surface area contributed by atoms with Crippen molar-refractivity contribution in [1.82, 2.24) is 14.4 Å². The summed E-state index contributed by atoms with van der Waals surface area (Å²) in [4.78, 5) is 44.0. The number of likely N-dealkylation sites (tertiary alicyclic amines) is 1. The van der Waals surface area contributed by atoms with Gasteiger partial charge < -0.3 is 23.7 Å². The summed E-state index contributed by atoms with van der Waals surface area (Å²) in [6.45, 7) is 25.6. The quantitative estimate of drug-likeness (QED) is 0.256. The molecule has 44 heavy (non-hydrogen) atoms. The van der Waals surface area contributed by atoms with Gasteiger partial charge in [-0.1, -0.05) is 45.6 Å². The van der Waals surface area contributed by atoms with Gasteiger partial charge in [-0.3, -0.25) is 4.79 Å². The molecular weight excluding hydrogens is 574 g/mol. The van der Waals surface area contributed by atoms with Crippen LogP contribution in [0.25, 0.3) is 10.9 Å². The van der Waals surface area contributed by atoms with Crippen LogP contribution < -0.4 is 0 Å². The van der Waals surface area contributed by atoms with Gasteiger partial charge in [-0.05, 0) is 75.9 Å². The molecule has 242 valence electrons. The molecule has 2 aliphatic heterocycles. The highest BCUT2D eigenvalue weighted by atomic mass is 28.4. The van der Waals surface area contributed by atoms with Gasteiger partial charge in [0.15, 0.2) is 8.32 Å². The number of piperidine rings is 1. The molecule has 2 aromatic rings. The van der Waals surface area contributed by atoms with E-state index in [0.717, 1.165) is 27.7 Å². The van der Waals surface area contributed by atoms with Crippen LogP contribution in [0.3, 0.4) is 0 Å². The van der Waals surface area contributed by atoms with Gasteiger partial charge in [-0.2, -0.15) is 0 Å². The lowest BCUT2D eigenvalue weighted by molar-refractivity contribution is -0.134. The van der Waals surface area contributed by atoms with Gasteiger partial charge >= 0.3 is 12.2 Å². The molecule has 1 aromatic carbocycles. The van der Waals surface area contributed by atoms with E-state index in [0.29, 0.717) is 32.5 Å². The van der Waals surface area contributed by atoms with Crippen molar-refractivity contribution in [2.24, 2.45) is 0 Å². The molecule has 0 radical (unpaired) electrons. The fourth-order valence-corrected chi connectivity index (χ4v) is 7.21. The molecule has 1 atom stereocenters. The van der Waals surface area contributed by atoms with Gasteiger partial charge in [0.2, 0.25) is 5.91 Å². The summed E-state index contributed by atoms with van der Waals surface area (Å²) >= 11 is 0. The summed E-state index contributed by atoms with van der Waals surface area (Å²) in [6.07, 6.45) is 1.94. The number of carbonyl (C=O) groups excluding carboxylic acids is 3. The number of rotatable bonds is 5. The van der Waals surface area contributed by atoms with Crippen LogP contribution in [0.2, 0.25) is 18.1 Å². The van der Waals surface area contributed by atoms with E-state index in [1.807, 2.05) is 38.7 Å². The first-order chi connectivity index (χ1) is 20.3. The average molecular weight is 626 g/mol. The minimum Gasteiger partial charge on any atom is -0.445 e. The molecule has 2 amide bonds. The van der Waals surface area contributed by atoms with E-state index < -0.39 is 31.5 Å². The summed E-state index contributed by atoms with van der Waals surface area (Å²) in [6, 6.07) is 5.66. The Kier molecular flexibility index (Phi) is 9.21. The molecular formula is C34H51N3O6Si. The zero-order valence-electron chi connectivity index (χ0n) is 28.3. The Bertz CT molecular complexity index is 1440. The van der Waals surface area contributed by atoms with Crippen LogP contribution in [0.5, 0.6) is 0 Å². The van der Waals surface area contributed by atoms with Crippen molar-refractivity contribution >= 4 is 37.3 Å². The number of benzene rings is 1. The zero-order valence-corrected chi connectivity index (χ0v) is 29.3. The van der Waals surface area contributed by atoms with Crippen molar-refractivity contribution in [2.75, 3.05) is 32.8 Å². The van der Waals surface area contributed by atoms with E-state index in [-0.39, 0.29) is 30.3 Å². The van der Waals surface area contributed by atoms with Crippen LogP contribution in [0.4, 0.5) is 9.59 Å². The monoisotopic (exact) mass is 625 g/mol. The molecule has 4 rings (SSSR count). The van der Waals surface area contributed by atoms with Crippen molar-refractivity contribution in [3.05, 3.63) is 47.7 Å². The normalized spacial score (nSPS) is 18.7. The SMILES string of the molecule is C=CCOC(=O)n1c2c(c3ccc(C)cc31)C1(CCN(C(=O)OC(C)(C)C)CC1)CN(C(C)=O)[C@H]2CO[Si](C)(C)C(C)(C)C. The first kappa shape index (κ1) is 33.8. The number of carbonyl (C=O) groups is 3. The summed E-state index contributed by atoms with van der Waals surface area (Å²) in [5.41, 5.74) is 2.48. The van der Waals surface area contributed by atoms with E-state index in [1.165, 1.54) is 0 Å². The summed E-state index contributed by atoms with van der Waals surface area (Å²) in [5, 5.41) is 0.931. The summed E-state index contributed by atoms with van der Waals surface area (Å²) in [7, 11) is -2.21. The van der Waals surface area contributed by atoms with Gasteiger partial charge in [0.1, 0.15) is 12.2 Å². The van der Waals surface area contributed by atoms with Gasteiger partial charge in [0, 0.05) is 37.4 Å². The van der Waals surface area contributed by atoms with E-state index >= 15 is 0 Å². The fourth-order valence-electron chi connectivity index (χ4n) is 6.20. The van der Waals surface area contributed by atoms with Crippen LogP contribution in [0, 0.1) is 6.92 Å². The second-order valence-corrected chi connectivity index (χ2v) is 19.8. The maximum Gasteiger partial charge on any atom is 0.419 e. The second-order valence-electron chi connectivity index (χ2n) is 15.0. The highest BCUT2D eigenvalue weighted by Crippen LogP contribution is 2.51. The molecule has 0 bridgehead atoms. The van der Waals surface area contributed by atoms with Crippen LogP contribution in [-0.4, -0.2) is 79.2 Å². The molecule has 0 saturated carbocycles. The maximum atomic E-state index is 13.9. The first-order valence-electron chi connectivity index (χ1n) is 15.6. The van der Waals surface area contributed by atoms with Crippen molar-refractivity contribution in [3.8, 4) is 0 Å². The van der Waals surface area contributed by atoms with Gasteiger partial charge in [-0.15, -0.1) is 0 Å². The van der Waals surface area contributed by atoms with E-state index in [9.17, 15) is 14.4 Å². The molecule has 2 aliphatic rings. The van der Waals surface area contributed by atoms with Crippen LogP contribution in [-0.2, 0) is 24.1 Å². The lowest BCUT2D eigenvalue weighted by atomic mass is 9.68. The summed E-state index contributed by atoms with van der Waals surface area (Å²) in [5.74, 6) is -0.0825. The maximum absolute atomic E-state index is 13.9. The number of hydrogen-bond donors (Lipinski definition) is 0. The predicted octanol–water partition coefficient (Wildman–Crippen LogP) is 7.31. The zero-order chi connectivity index (χ0) is 32.8. The Morgan fingerprint density at radius 2 is 1.70 bits per heavy atom. The molecule has 9 nitrogen and oxygen atoms in total. The van der Waals surface area contributed by atoms with Crippen molar-refractivity contribution in [1.29, 1.82) is 0 Å². The Labute approximate surface area is 263 Å². The predicted molar refractivity (Wildman–Crippen MR) is 176 cm³/mol. The molecule has 3 heterocycles. The smallest absolute Gasteiger partial charge is 0.419 e. The largest absolute Gasteiger partial charge is 0.445 e. The Morgan fingerprint density at radius 3 is 2.25 bits per heavy atom. The fraction of sp³-hybridized carbons (Fsp3) is 0.618. The molecule has 10 heteroatoms. The molecule has 1 aromatic heterocycles. The molecule has 1 saturated heterocycles. The molecule has 1 spiro atoms. The lowest BCUT2D eigenvalue weighted by Gasteiger charge is -2.51. The van der Waals surface area contributed by atoms with Crippen molar-refractivity contribution in [2.45, 2.75) is 103 Å². The third kappa shape index (κ3) is 6.47. The molecule has 1 fully saturated rings. The number of ether oxygens (including phenoxy) is 2. The number of amides is 2. The number of hydrogen-bond acceptors (Lipinski definition) is 6. The average Bonchev–Trinajstić information content (AvgIpc) is 3.25. The lowest BCUT2D eigenvalue weighted by Crippen LogP contribution is -2.57. The number of fused-ring (bicyclic) bond motifs is 4. The highest BCUT2D eigenvalue weighted by molar-refractivity contribution is 6.74. The van der Waals surface area contributed by atoms with Crippen LogP contribution in [0.1, 0.15) is 84.2 Å². The van der Waals surface area contributed by atoms with Gasteiger partial charge in [0.25, 0.3) is 0 Å². The Balaban J connectivity index is 1.91. The van der Waals surface area contributed by atoms with Crippen molar-refractivity contribution < 1.29 is 28.3 Å². The highest BCUT2D eigenvalue weighted by Gasteiger charge is 2.51. The minimum atomic E-state index is -2.21. The number of nitrogens with zero attached hydrogens (tertiary/aromatic N) is 3. The van der Waals surface area contributed by atoms with Crippen LogP contribution in [0.15, 0.2) is 30.9 Å². The number of aromatic nitrogens is 1. The molecule has 0 unspecified atom stereocenters. The Hall–Kier alpha value is -3.11. The third-order valence-electron chi connectivity index (χ3n) is 9.55. The second kappa shape index (κ2) is 12.0. The Morgan fingerprint density at radius 1 is 1.07 bits per heavy atom. The summed E-state index contributed by atoms with van der Waals surface area (Å²) < 4.78 is 19.8. The minimum absolute atomic E-state index is 0.0338. The topological polar surface area (TPSA) is 90.3 Å². The van der Waals surface area contributed by atoms with Gasteiger partial charge in [-0.25, -0.2) is 14.2 Å².